The van der Waals surface area contributed by atoms with Crippen LogP contribution in [0.1, 0.15) is 41.6 Å². The zero-order chi connectivity index (χ0) is 18.7. The van der Waals surface area contributed by atoms with E-state index in [2.05, 4.69) is 25.8 Å². The number of carbonyl (C=O) groups excluding carboxylic acids is 2. The molecule has 0 radical (unpaired) electrons. The van der Waals surface area contributed by atoms with Gasteiger partial charge in [0.1, 0.15) is 11.5 Å². The van der Waals surface area contributed by atoms with Crippen LogP contribution >= 0.6 is 0 Å². The van der Waals surface area contributed by atoms with Crippen molar-refractivity contribution >= 4 is 28.5 Å². The first-order chi connectivity index (χ1) is 12.5. The van der Waals surface area contributed by atoms with Gasteiger partial charge in [0.05, 0.1) is 29.2 Å². The van der Waals surface area contributed by atoms with Gasteiger partial charge in [0, 0.05) is 13.0 Å². The third kappa shape index (κ3) is 3.55. The van der Waals surface area contributed by atoms with Crippen molar-refractivity contribution in [2.45, 2.75) is 26.5 Å². The molecule has 1 aromatic carbocycles. The summed E-state index contributed by atoms with van der Waals surface area (Å²) >= 11 is 0. The number of aliphatic hydroxyl groups is 1. The Balaban J connectivity index is 1.80. The number of benzene rings is 1. The van der Waals surface area contributed by atoms with Crippen molar-refractivity contribution in [1.29, 1.82) is 0 Å². The summed E-state index contributed by atoms with van der Waals surface area (Å²) in [5.74, 6) is 0.0148. The molecule has 4 N–H and O–H groups in total. The molecule has 0 aliphatic rings. The van der Waals surface area contributed by atoms with Gasteiger partial charge in [0.25, 0.3) is 0 Å². The van der Waals surface area contributed by atoms with Gasteiger partial charge in [-0.15, -0.1) is 0 Å². The predicted molar refractivity (Wildman–Crippen MR) is 96.8 cm³/mol. The largest absolute Gasteiger partial charge is 0.390 e. The molecule has 8 heteroatoms. The van der Waals surface area contributed by atoms with Crippen LogP contribution in [0, 0.1) is 0 Å². The number of Topliss-reactive ketones (excluding diaryl/α,β-unsaturated/α-hetero) is 1. The van der Waals surface area contributed by atoms with Crippen LogP contribution in [0.3, 0.4) is 0 Å². The van der Waals surface area contributed by atoms with Gasteiger partial charge in [-0.05, 0) is 12.5 Å². The lowest BCUT2D eigenvalue weighted by Gasteiger charge is -2.15. The van der Waals surface area contributed by atoms with E-state index in [1.54, 1.807) is 6.07 Å². The molecule has 2 aromatic heterocycles. The number of aromatic amines is 1. The smallest absolute Gasteiger partial charge is 0.320 e. The molecule has 0 aliphatic carbocycles. The first-order valence-corrected chi connectivity index (χ1v) is 8.12. The molecular formula is C18H19N5O3. The molecule has 0 saturated carbocycles. The predicted octanol–water partition coefficient (Wildman–Crippen LogP) is 2.54. The fourth-order valence-corrected chi connectivity index (χ4v) is 2.73. The molecule has 0 fully saturated rings. The number of anilines is 1. The summed E-state index contributed by atoms with van der Waals surface area (Å²) in [6, 6.07) is 10.5. The minimum Gasteiger partial charge on any atom is -0.390 e. The van der Waals surface area contributed by atoms with Gasteiger partial charge >= 0.3 is 6.03 Å². The lowest BCUT2D eigenvalue weighted by atomic mass is 10.1. The molecule has 0 bridgehead atoms. The van der Waals surface area contributed by atoms with E-state index in [4.69, 9.17) is 0 Å². The molecule has 26 heavy (non-hydrogen) atoms. The Bertz CT molecular complexity index is 952. The Labute approximate surface area is 149 Å². The number of hydrogen-bond acceptors (Lipinski definition) is 5. The van der Waals surface area contributed by atoms with Crippen molar-refractivity contribution in [3.8, 4) is 0 Å². The third-order valence-electron chi connectivity index (χ3n) is 3.99. The molecule has 0 spiro atoms. The molecule has 8 nitrogen and oxygen atoms in total. The van der Waals surface area contributed by atoms with Crippen molar-refractivity contribution in [1.82, 2.24) is 20.5 Å². The number of urea groups is 1. The van der Waals surface area contributed by atoms with Gasteiger partial charge in [0.2, 0.25) is 0 Å². The van der Waals surface area contributed by atoms with Gasteiger partial charge in [0.15, 0.2) is 5.78 Å². The van der Waals surface area contributed by atoms with Gasteiger partial charge < -0.3 is 10.4 Å². The summed E-state index contributed by atoms with van der Waals surface area (Å²) in [6.45, 7) is 2.88. The SMILES string of the molecule is CC(=O)c1n[nH]c2cc(NC(=O)NC(C)c3ccccc3)nc(CO)c12. The highest BCUT2D eigenvalue weighted by molar-refractivity contribution is 6.06. The second-order valence-electron chi connectivity index (χ2n) is 5.89. The van der Waals surface area contributed by atoms with Crippen LogP contribution in [0.4, 0.5) is 10.6 Å². The Kier molecular flexibility index (Phi) is 4.94. The standard InChI is InChI=1S/C18H19N5O3/c1-10(12-6-4-3-5-7-12)19-18(26)21-15-8-13-16(14(9-24)20-15)17(11(2)25)23-22-13/h3-8,10,24H,9H2,1-2H3,(H,22,23)(H2,19,20,21,26). The third-order valence-corrected chi connectivity index (χ3v) is 3.99. The van der Waals surface area contributed by atoms with E-state index in [9.17, 15) is 14.7 Å². The maximum Gasteiger partial charge on any atom is 0.320 e. The van der Waals surface area contributed by atoms with Gasteiger partial charge in [-0.3, -0.25) is 15.2 Å². The Morgan fingerprint density at radius 1 is 1.27 bits per heavy atom. The van der Waals surface area contributed by atoms with Crippen LogP contribution in [0.5, 0.6) is 0 Å². The quantitative estimate of drug-likeness (QED) is 0.525. The maximum absolute atomic E-state index is 12.2. The van der Waals surface area contributed by atoms with Crippen molar-refractivity contribution in [3.05, 3.63) is 53.3 Å². The number of aliphatic hydroxyl groups excluding tert-OH is 1. The number of H-pyrrole nitrogens is 1. The Morgan fingerprint density at radius 3 is 2.65 bits per heavy atom. The lowest BCUT2D eigenvalue weighted by molar-refractivity contribution is 0.101. The van der Waals surface area contributed by atoms with Gasteiger partial charge in [-0.25, -0.2) is 9.78 Å². The summed E-state index contributed by atoms with van der Waals surface area (Å²) in [4.78, 5) is 28.1. The summed E-state index contributed by atoms with van der Waals surface area (Å²) < 4.78 is 0. The number of ketones is 1. The number of fused-ring (bicyclic) bond motifs is 1. The summed E-state index contributed by atoms with van der Waals surface area (Å²) in [5, 5.41) is 22.2. The van der Waals surface area contributed by atoms with Crippen molar-refractivity contribution in [2.24, 2.45) is 0 Å². The average Bonchev–Trinajstić information content (AvgIpc) is 3.05. The topological polar surface area (TPSA) is 120 Å². The highest BCUT2D eigenvalue weighted by atomic mass is 16.3. The molecule has 1 atom stereocenters. The lowest BCUT2D eigenvalue weighted by Crippen LogP contribution is -2.31. The maximum atomic E-state index is 12.2. The van der Waals surface area contributed by atoms with Crippen molar-refractivity contribution in [3.63, 3.8) is 0 Å². The van der Waals surface area contributed by atoms with E-state index in [0.29, 0.717) is 10.9 Å². The number of aromatic nitrogens is 3. The fraction of sp³-hybridized carbons (Fsp3) is 0.222. The normalized spacial score (nSPS) is 12.0. The number of rotatable bonds is 5. The minimum atomic E-state index is -0.427. The van der Waals surface area contributed by atoms with E-state index >= 15 is 0 Å². The Hall–Kier alpha value is -3.26. The number of pyridine rings is 1. The number of nitrogens with zero attached hydrogens (tertiary/aromatic N) is 2. The van der Waals surface area contributed by atoms with E-state index in [1.807, 2.05) is 37.3 Å². The van der Waals surface area contributed by atoms with Crippen LogP contribution in [-0.4, -0.2) is 32.1 Å². The highest BCUT2D eigenvalue weighted by Gasteiger charge is 2.17. The Morgan fingerprint density at radius 2 is 2.00 bits per heavy atom. The van der Waals surface area contributed by atoms with Crippen molar-refractivity contribution in [2.75, 3.05) is 5.32 Å². The number of nitrogens with one attached hydrogen (secondary N) is 3. The monoisotopic (exact) mass is 353 g/mol. The average molecular weight is 353 g/mol. The van der Waals surface area contributed by atoms with Crippen LogP contribution < -0.4 is 10.6 Å². The van der Waals surface area contributed by atoms with Crippen LogP contribution in [-0.2, 0) is 6.61 Å². The summed E-state index contributed by atoms with van der Waals surface area (Å²) in [5.41, 5.74) is 1.97. The molecule has 2 heterocycles. The van der Waals surface area contributed by atoms with Crippen molar-refractivity contribution < 1.29 is 14.7 Å². The summed E-state index contributed by atoms with van der Waals surface area (Å²) in [6.07, 6.45) is 0. The van der Waals surface area contributed by atoms with Gasteiger partial charge in [-0.1, -0.05) is 30.3 Å². The van der Waals surface area contributed by atoms with E-state index in [-0.39, 0.29) is 35.6 Å². The number of hydrogen-bond donors (Lipinski definition) is 4. The van der Waals surface area contributed by atoms with E-state index < -0.39 is 6.03 Å². The minimum absolute atomic E-state index is 0.186. The second kappa shape index (κ2) is 7.32. The molecular weight excluding hydrogens is 334 g/mol. The fourth-order valence-electron chi connectivity index (χ4n) is 2.73. The second-order valence-corrected chi connectivity index (χ2v) is 5.89. The number of amides is 2. The zero-order valence-corrected chi connectivity index (χ0v) is 14.4. The molecule has 0 aliphatic heterocycles. The van der Waals surface area contributed by atoms with Gasteiger partial charge in [-0.2, -0.15) is 5.10 Å². The molecule has 3 aromatic rings. The summed E-state index contributed by atoms with van der Waals surface area (Å²) in [7, 11) is 0. The van der Waals surface area contributed by atoms with E-state index in [1.165, 1.54) is 6.92 Å². The highest BCUT2D eigenvalue weighted by Crippen LogP contribution is 2.23. The number of carbonyl (C=O) groups is 2. The van der Waals surface area contributed by atoms with Crippen LogP contribution in [0.2, 0.25) is 0 Å². The zero-order valence-electron chi connectivity index (χ0n) is 14.4. The van der Waals surface area contributed by atoms with Crippen LogP contribution in [0.25, 0.3) is 10.9 Å². The molecule has 2 amide bonds. The molecule has 0 saturated heterocycles. The first-order valence-electron chi connectivity index (χ1n) is 8.12. The molecule has 1 unspecified atom stereocenters. The first kappa shape index (κ1) is 17.6. The van der Waals surface area contributed by atoms with E-state index in [0.717, 1.165) is 5.56 Å². The molecule has 3 rings (SSSR count). The van der Waals surface area contributed by atoms with Crippen LogP contribution in [0.15, 0.2) is 36.4 Å². The molecule has 134 valence electrons.